The van der Waals surface area contributed by atoms with Crippen LogP contribution < -0.4 is 10.0 Å². The number of benzene rings is 1. The first kappa shape index (κ1) is 27.6. The summed E-state index contributed by atoms with van der Waals surface area (Å²) >= 11 is 12.6. The van der Waals surface area contributed by atoms with Gasteiger partial charge in [-0.1, -0.05) is 36.2 Å². The number of nitrogens with zero attached hydrogens (tertiary/aromatic N) is 6. The Kier molecular flexibility index (Phi) is 7.90. The molecule has 0 spiro atoms. The lowest BCUT2D eigenvalue weighted by molar-refractivity contribution is 0.113. The van der Waals surface area contributed by atoms with E-state index in [9.17, 15) is 8.42 Å². The molecule has 4 atom stereocenters. The van der Waals surface area contributed by atoms with Crippen molar-refractivity contribution in [1.29, 1.82) is 0 Å². The van der Waals surface area contributed by atoms with Gasteiger partial charge in [0.2, 0.25) is 10.0 Å². The summed E-state index contributed by atoms with van der Waals surface area (Å²) in [5.41, 5.74) is 3.26. The van der Waals surface area contributed by atoms with Gasteiger partial charge in [-0.15, -0.1) is 0 Å². The predicted octanol–water partition coefficient (Wildman–Crippen LogP) is 4.41. The predicted molar refractivity (Wildman–Crippen MR) is 152 cm³/mol. The lowest BCUT2D eigenvalue weighted by Gasteiger charge is -2.43. The fourth-order valence-electron chi connectivity index (χ4n) is 6.18. The number of hydrogen-bond acceptors (Lipinski definition) is 7. The minimum absolute atomic E-state index is 0.0454. The molecule has 2 aromatic heterocycles. The molecule has 38 heavy (non-hydrogen) atoms. The standard InChI is InChI=1S/C26H35Cl2N7O2S/c1-16-15-33(11-8-23(16)34-10-4-5-20(34)9-12-38(29,36)37)24-14-30-25-17(2)32-35(26(25)31-24)18(3)21-7-6-19(27)13-22(21)28/h6-7,13-14,16,18,20,23H,4-5,8-12,15H2,1-3H3,(H2,29,36,37)/t16-,18?,20-,23+/m0/s1. The number of hydrogen-bond donors (Lipinski definition) is 1. The van der Waals surface area contributed by atoms with Gasteiger partial charge < -0.3 is 4.90 Å². The summed E-state index contributed by atoms with van der Waals surface area (Å²) in [7, 11) is -3.44. The number of aromatic nitrogens is 4. The first-order valence-electron chi connectivity index (χ1n) is 13.2. The van der Waals surface area contributed by atoms with E-state index in [-0.39, 0.29) is 17.8 Å². The molecule has 2 saturated heterocycles. The van der Waals surface area contributed by atoms with E-state index < -0.39 is 10.0 Å². The second-order valence-electron chi connectivity index (χ2n) is 10.7. The minimum atomic E-state index is -3.44. The van der Waals surface area contributed by atoms with Gasteiger partial charge in [0.25, 0.3) is 0 Å². The van der Waals surface area contributed by atoms with Crippen molar-refractivity contribution in [3.05, 3.63) is 45.7 Å². The monoisotopic (exact) mass is 579 g/mol. The number of rotatable bonds is 7. The highest BCUT2D eigenvalue weighted by Crippen LogP contribution is 2.34. The molecule has 206 valence electrons. The number of likely N-dealkylation sites (tertiary alicyclic amines) is 1. The van der Waals surface area contributed by atoms with Crippen LogP contribution in [0.5, 0.6) is 0 Å². The van der Waals surface area contributed by atoms with Crippen molar-refractivity contribution in [2.45, 2.75) is 64.6 Å². The maximum absolute atomic E-state index is 11.5. The van der Waals surface area contributed by atoms with E-state index in [0.717, 1.165) is 67.1 Å². The van der Waals surface area contributed by atoms with Crippen LogP contribution in [0.4, 0.5) is 5.82 Å². The fraction of sp³-hybridized carbons (Fsp3) is 0.577. The summed E-state index contributed by atoms with van der Waals surface area (Å²) < 4.78 is 25.0. The third-order valence-electron chi connectivity index (χ3n) is 8.11. The van der Waals surface area contributed by atoms with Gasteiger partial charge in [0.05, 0.1) is 23.7 Å². The number of halogens is 2. The second kappa shape index (κ2) is 10.9. The second-order valence-corrected chi connectivity index (χ2v) is 13.3. The highest BCUT2D eigenvalue weighted by molar-refractivity contribution is 7.89. The van der Waals surface area contributed by atoms with E-state index in [4.69, 9.17) is 43.4 Å². The highest BCUT2D eigenvalue weighted by Gasteiger charge is 2.37. The first-order valence-corrected chi connectivity index (χ1v) is 15.7. The number of fused-ring (bicyclic) bond motifs is 1. The maximum Gasteiger partial charge on any atom is 0.209 e. The number of aryl methyl sites for hydroxylation is 1. The van der Waals surface area contributed by atoms with Gasteiger partial charge in [0.1, 0.15) is 11.3 Å². The van der Waals surface area contributed by atoms with Crippen molar-refractivity contribution < 1.29 is 8.42 Å². The lowest BCUT2D eigenvalue weighted by Crippen LogP contribution is -2.52. The molecular formula is C26H35Cl2N7O2S. The molecular weight excluding hydrogens is 545 g/mol. The van der Waals surface area contributed by atoms with Crippen LogP contribution in [0.3, 0.4) is 0 Å². The van der Waals surface area contributed by atoms with Crippen molar-refractivity contribution in [1.82, 2.24) is 24.6 Å². The van der Waals surface area contributed by atoms with Crippen LogP contribution in [0.2, 0.25) is 10.0 Å². The van der Waals surface area contributed by atoms with Crippen LogP contribution in [0.25, 0.3) is 11.2 Å². The number of anilines is 1. The molecule has 0 radical (unpaired) electrons. The van der Waals surface area contributed by atoms with E-state index in [1.165, 1.54) is 0 Å². The van der Waals surface area contributed by atoms with Gasteiger partial charge in [-0.25, -0.2) is 28.2 Å². The summed E-state index contributed by atoms with van der Waals surface area (Å²) in [6.45, 7) is 9.00. The fourth-order valence-corrected chi connectivity index (χ4v) is 7.34. The summed E-state index contributed by atoms with van der Waals surface area (Å²) in [6, 6.07) is 6.06. The Morgan fingerprint density at radius 2 is 2.00 bits per heavy atom. The Bertz CT molecular complexity index is 1430. The molecule has 12 heteroatoms. The van der Waals surface area contributed by atoms with Crippen LogP contribution in [-0.2, 0) is 10.0 Å². The Morgan fingerprint density at radius 3 is 2.71 bits per heavy atom. The molecule has 3 aromatic rings. The van der Waals surface area contributed by atoms with E-state index in [0.29, 0.717) is 28.4 Å². The molecule has 1 unspecified atom stereocenters. The van der Waals surface area contributed by atoms with Crippen molar-refractivity contribution in [2.24, 2.45) is 11.1 Å². The molecule has 4 heterocycles. The van der Waals surface area contributed by atoms with Crippen LogP contribution >= 0.6 is 23.2 Å². The SMILES string of the molecule is Cc1nn(C(C)c2ccc(Cl)cc2Cl)c2nc(N3CC[C@@H](N4CCC[C@H]4CCS(N)(=O)=O)[C@@H](C)C3)cnc12. The average molecular weight is 581 g/mol. The first-order chi connectivity index (χ1) is 18.0. The Balaban J connectivity index is 1.35. The molecule has 2 N–H and O–H groups in total. The van der Waals surface area contributed by atoms with Crippen molar-refractivity contribution in [2.75, 3.05) is 30.3 Å². The Labute approximate surface area is 234 Å². The van der Waals surface area contributed by atoms with E-state index in [1.807, 2.05) is 36.9 Å². The van der Waals surface area contributed by atoms with Gasteiger partial charge in [-0.05, 0) is 69.7 Å². The summed E-state index contributed by atoms with van der Waals surface area (Å²) in [5, 5.41) is 11.2. The summed E-state index contributed by atoms with van der Waals surface area (Å²) in [4.78, 5) is 14.6. The van der Waals surface area contributed by atoms with Gasteiger partial charge in [-0.2, -0.15) is 5.10 Å². The Hall–Kier alpha value is -1.98. The zero-order valence-electron chi connectivity index (χ0n) is 22.0. The number of piperidine rings is 1. The van der Waals surface area contributed by atoms with Crippen LogP contribution in [0.15, 0.2) is 24.4 Å². The largest absolute Gasteiger partial charge is 0.355 e. The molecule has 2 aliphatic rings. The van der Waals surface area contributed by atoms with Crippen molar-refractivity contribution in [3.63, 3.8) is 0 Å². The van der Waals surface area contributed by atoms with Crippen molar-refractivity contribution in [3.8, 4) is 0 Å². The third-order valence-corrected chi connectivity index (χ3v) is 9.47. The maximum atomic E-state index is 11.5. The quantitative estimate of drug-likeness (QED) is 0.441. The van der Waals surface area contributed by atoms with E-state index in [2.05, 4.69) is 16.7 Å². The smallest absolute Gasteiger partial charge is 0.209 e. The molecule has 0 bridgehead atoms. The minimum Gasteiger partial charge on any atom is -0.355 e. The molecule has 2 aliphatic heterocycles. The molecule has 2 fully saturated rings. The molecule has 5 rings (SSSR count). The van der Waals surface area contributed by atoms with E-state index >= 15 is 0 Å². The lowest BCUT2D eigenvalue weighted by atomic mass is 9.91. The summed E-state index contributed by atoms with van der Waals surface area (Å²) in [5.74, 6) is 1.28. The molecule has 9 nitrogen and oxygen atoms in total. The van der Waals surface area contributed by atoms with Gasteiger partial charge in [-0.3, -0.25) is 4.90 Å². The molecule has 0 amide bonds. The molecule has 0 aliphatic carbocycles. The molecule has 0 saturated carbocycles. The molecule has 1 aromatic carbocycles. The number of primary sulfonamides is 1. The van der Waals surface area contributed by atoms with Gasteiger partial charge in [0.15, 0.2) is 5.65 Å². The summed E-state index contributed by atoms with van der Waals surface area (Å²) in [6.07, 6.45) is 5.57. The van der Waals surface area contributed by atoms with E-state index in [1.54, 1.807) is 6.07 Å². The average Bonchev–Trinajstić information content (AvgIpc) is 3.46. The zero-order chi connectivity index (χ0) is 27.2. The number of sulfonamides is 1. The highest BCUT2D eigenvalue weighted by atomic mass is 35.5. The van der Waals surface area contributed by atoms with Gasteiger partial charge >= 0.3 is 0 Å². The Morgan fingerprint density at radius 1 is 1.21 bits per heavy atom. The number of nitrogens with two attached hydrogens (primary N) is 1. The van der Waals surface area contributed by atoms with Crippen molar-refractivity contribution >= 4 is 50.2 Å². The normalized spacial score (nSPS) is 23.8. The van der Waals surface area contributed by atoms with Crippen LogP contribution in [0.1, 0.15) is 56.8 Å². The van der Waals surface area contributed by atoms with Crippen LogP contribution in [-0.4, -0.2) is 70.5 Å². The van der Waals surface area contributed by atoms with Crippen LogP contribution in [0, 0.1) is 12.8 Å². The van der Waals surface area contributed by atoms with Gasteiger partial charge in [0, 0.05) is 35.2 Å². The third kappa shape index (κ3) is 5.65. The topological polar surface area (TPSA) is 110 Å². The zero-order valence-corrected chi connectivity index (χ0v) is 24.3.